The van der Waals surface area contributed by atoms with Crippen molar-refractivity contribution in [1.82, 2.24) is 19.8 Å². The van der Waals surface area contributed by atoms with Crippen LogP contribution in [0.3, 0.4) is 0 Å². The van der Waals surface area contributed by atoms with Crippen molar-refractivity contribution in [2.75, 3.05) is 55.2 Å². The van der Waals surface area contributed by atoms with Crippen molar-refractivity contribution < 1.29 is 23.1 Å². The average Bonchev–Trinajstić information content (AvgIpc) is 2.97. The Morgan fingerprint density at radius 3 is 2.30 bits per heavy atom. The number of carbonyl (C=O) groups excluding carboxylic acids is 1. The number of fused-ring (bicyclic) bond motifs is 1. The first-order valence-electron chi connectivity index (χ1n) is 13.9. The molecule has 12 nitrogen and oxygen atoms in total. The fraction of sp³-hybridized carbons (Fsp3) is 0.300. The number of phenolic OH excluding ortho intramolecular Hbond substituents is 1. The predicted octanol–water partition coefficient (Wildman–Crippen LogP) is 3.85. The summed E-state index contributed by atoms with van der Waals surface area (Å²) < 4.78 is 34.8. The third-order valence-electron chi connectivity index (χ3n) is 7.12. The summed E-state index contributed by atoms with van der Waals surface area (Å²) in [6.07, 6.45) is 0. The number of aromatic nitrogens is 2. The Balaban J connectivity index is 1.35. The van der Waals surface area contributed by atoms with Crippen LogP contribution in [0, 0.1) is 0 Å². The minimum atomic E-state index is -4.15. The highest BCUT2D eigenvalue weighted by atomic mass is 32.2. The van der Waals surface area contributed by atoms with Gasteiger partial charge in [-0.25, -0.2) is 18.4 Å². The minimum Gasteiger partial charge on any atom is -0.508 e. The first kappa shape index (κ1) is 30.0. The number of amides is 1. The van der Waals surface area contributed by atoms with E-state index in [2.05, 4.69) is 49.0 Å². The zero-order chi connectivity index (χ0) is 30.6. The van der Waals surface area contributed by atoms with Crippen LogP contribution in [0.25, 0.3) is 11.0 Å². The molecule has 13 heteroatoms. The van der Waals surface area contributed by atoms with Gasteiger partial charge in [0.2, 0.25) is 5.91 Å². The predicted molar refractivity (Wildman–Crippen MR) is 167 cm³/mol. The van der Waals surface area contributed by atoms with Crippen LogP contribution in [0.15, 0.2) is 71.6 Å². The highest BCUT2D eigenvalue weighted by Crippen LogP contribution is 2.31. The van der Waals surface area contributed by atoms with Gasteiger partial charge in [0.05, 0.1) is 29.6 Å². The van der Waals surface area contributed by atoms with Gasteiger partial charge in [0.25, 0.3) is 10.0 Å². The summed E-state index contributed by atoms with van der Waals surface area (Å²) >= 11 is 0. The lowest BCUT2D eigenvalue weighted by Gasteiger charge is -2.36. The number of rotatable bonds is 10. The summed E-state index contributed by atoms with van der Waals surface area (Å²) in [5.41, 5.74) is 1.80. The normalized spacial score (nSPS) is 14.5. The number of ether oxygens (including phenoxy) is 1. The first-order valence-corrected chi connectivity index (χ1v) is 15.4. The van der Waals surface area contributed by atoms with Gasteiger partial charge in [-0.15, -0.1) is 0 Å². The van der Waals surface area contributed by atoms with Crippen LogP contribution in [-0.4, -0.2) is 85.1 Å². The molecule has 226 valence electrons. The second-order valence-electron chi connectivity index (χ2n) is 10.5. The number of aromatic hydroxyl groups is 1. The molecule has 2 heterocycles. The number of piperazine rings is 1. The van der Waals surface area contributed by atoms with E-state index in [0.29, 0.717) is 34.2 Å². The Bertz CT molecular complexity index is 1720. The maximum Gasteiger partial charge on any atom is 0.263 e. The van der Waals surface area contributed by atoms with Gasteiger partial charge in [-0.1, -0.05) is 18.2 Å². The third kappa shape index (κ3) is 7.49. The molecule has 0 bridgehead atoms. The quantitative estimate of drug-likeness (QED) is 0.210. The monoisotopic (exact) mass is 605 g/mol. The Labute approximate surface area is 250 Å². The van der Waals surface area contributed by atoms with Crippen LogP contribution in [-0.2, 0) is 14.8 Å². The molecular formula is C30H35N7O5S. The zero-order valence-electron chi connectivity index (χ0n) is 24.2. The molecule has 0 unspecified atom stereocenters. The topological polar surface area (TPSA) is 149 Å². The number of phenols is 1. The van der Waals surface area contributed by atoms with Crippen molar-refractivity contribution in [3.63, 3.8) is 0 Å². The van der Waals surface area contributed by atoms with E-state index < -0.39 is 10.0 Å². The molecule has 1 fully saturated rings. The largest absolute Gasteiger partial charge is 0.508 e. The second-order valence-corrected chi connectivity index (χ2v) is 12.2. The van der Waals surface area contributed by atoms with Crippen LogP contribution in [0.2, 0.25) is 0 Å². The van der Waals surface area contributed by atoms with E-state index in [1.165, 1.54) is 31.4 Å². The van der Waals surface area contributed by atoms with Crippen LogP contribution in [0.5, 0.6) is 11.5 Å². The molecule has 1 aliphatic rings. The highest BCUT2D eigenvalue weighted by Gasteiger charge is 2.22. The molecule has 5 rings (SSSR count). The van der Waals surface area contributed by atoms with Gasteiger partial charge in [0.15, 0.2) is 11.6 Å². The van der Waals surface area contributed by atoms with Gasteiger partial charge in [0.1, 0.15) is 11.5 Å². The Morgan fingerprint density at radius 2 is 1.63 bits per heavy atom. The number of methoxy groups -OCH3 is 1. The van der Waals surface area contributed by atoms with Gasteiger partial charge in [-0.05, 0) is 44.2 Å². The number of sulfonamides is 1. The van der Waals surface area contributed by atoms with Crippen molar-refractivity contribution >= 4 is 50.0 Å². The summed E-state index contributed by atoms with van der Waals surface area (Å²) in [5, 5.41) is 15.9. The lowest BCUT2D eigenvalue weighted by Crippen LogP contribution is -2.50. The van der Waals surface area contributed by atoms with Gasteiger partial charge in [-0.3, -0.25) is 19.3 Å². The molecule has 3 aromatic carbocycles. The maximum absolute atomic E-state index is 13.5. The number of benzene rings is 3. The van der Waals surface area contributed by atoms with E-state index in [1.54, 1.807) is 42.5 Å². The number of para-hydroxylation sites is 2. The first-order chi connectivity index (χ1) is 20.6. The molecule has 4 N–H and O–H groups in total. The number of nitrogens with zero attached hydrogens (tertiary/aromatic N) is 4. The molecule has 0 radical (unpaired) electrons. The van der Waals surface area contributed by atoms with Crippen molar-refractivity contribution in [2.24, 2.45) is 0 Å². The third-order valence-corrected chi connectivity index (χ3v) is 8.46. The molecule has 1 amide bonds. The highest BCUT2D eigenvalue weighted by molar-refractivity contribution is 7.92. The second kappa shape index (κ2) is 12.8. The zero-order valence-corrected chi connectivity index (χ0v) is 25.1. The number of hydrogen-bond acceptors (Lipinski definition) is 10. The van der Waals surface area contributed by atoms with Crippen LogP contribution in [0.1, 0.15) is 13.8 Å². The van der Waals surface area contributed by atoms with Gasteiger partial charge >= 0.3 is 0 Å². The Hall–Kier alpha value is -4.46. The average molecular weight is 606 g/mol. The van der Waals surface area contributed by atoms with Crippen LogP contribution < -0.4 is 20.1 Å². The van der Waals surface area contributed by atoms with Crippen LogP contribution >= 0.6 is 0 Å². The van der Waals surface area contributed by atoms with Gasteiger partial charge < -0.3 is 20.5 Å². The van der Waals surface area contributed by atoms with E-state index in [-0.39, 0.29) is 34.7 Å². The van der Waals surface area contributed by atoms with E-state index in [1.807, 2.05) is 0 Å². The number of carbonyl (C=O) groups is 1. The molecular weight excluding hydrogens is 570 g/mol. The number of anilines is 4. The van der Waals surface area contributed by atoms with Crippen LogP contribution in [0.4, 0.5) is 23.0 Å². The summed E-state index contributed by atoms with van der Waals surface area (Å²) in [6, 6.07) is 18.1. The smallest absolute Gasteiger partial charge is 0.263 e. The lowest BCUT2D eigenvalue weighted by atomic mass is 10.2. The Kier molecular flexibility index (Phi) is 8.94. The van der Waals surface area contributed by atoms with E-state index >= 15 is 0 Å². The molecule has 43 heavy (non-hydrogen) atoms. The summed E-state index contributed by atoms with van der Waals surface area (Å²) in [4.78, 5) is 26.3. The Morgan fingerprint density at radius 1 is 0.930 bits per heavy atom. The number of hydrogen-bond donors (Lipinski definition) is 4. The minimum absolute atomic E-state index is 0.0454. The molecule has 0 saturated carbocycles. The summed E-state index contributed by atoms with van der Waals surface area (Å²) in [6.45, 7) is 7.94. The lowest BCUT2D eigenvalue weighted by molar-refractivity contribution is -0.117. The molecule has 0 aliphatic carbocycles. The van der Waals surface area contributed by atoms with E-state index in [9.17, 15) is 18.3 Å². The molecule has 0 spiro atoms. The molecule has 1 aromatic heterocycles. The summed E-state index contributed by atoms with van der Waals surface area (Å²) in [7, 11) is -2.68. The molecule has 0 atom stereocenters. The van der Waals surface area contributed by atoms with Crippen molar-refractivity contribution in [3.05, 3.63) is 66.7 Å². The molecule has 1 aliphatic heterocycles. The SMILES string of the molecule is COc1cc(O)cc(Nc2nc3ccccc3nc2NS(=O)(=O)c2cccc(NC(=O)CN3CCN(C(C)C)CC3)c2)c1. The van der Waals surface area contributed by atoms with E-state index in [0.717, 1.165) is 26.2 Å². The molecule has 1 saturated heterocycles. The van der Waals surface area contributed by atoms with Crippen molar-refractivity contribution in [1.29, 1.82) is 0 Å². The van der Waals surface area contributed by atoms with Gasteiger partial charge in [0, 0.05) is 61.8 Å². The van der Waals surface area contributed by atoms with Crippen molar-refractivity contribution in [2.45, 2.75) is 24.8 Å². The summed E-state index contributed by atoms with van der Waals surface area (Å²) in [5.74, 6) is 0.214. The maximum atomic E-state index is 13.5. The van der Waals surface area contributed by atoms with E-state index in [4.69, 9.17) is 4.74 Å². The fourth-order valence-electron chi connectivity index (χ4n) is 4.84. The fourth-order valence-corrected chi connectivity index (χ4v) is 5.89. The van der Waals surface area contributed by atoms with Gasteiger partial charge in [-0.2, -0.15) is 0 Å². The standard InChI is InChI=1S/C30H35N7O5S/c1-20(2)37-13-11-36(12-14-37)19-28(39)31-21-7-6-8-25(17-21)43(40,41)35-30-29(33-26-9-4-5-10-27(26)34-30)32-22-15-23(38)18-24(16-22)42-3/h4-10,15-18,20,38H,11-14,19H2,1-3H3,(H,31,39)(H,32,33)(H,34,35). The number of nitrogens with one attached hydrogen (secondary N) is 3. The molecule has 4 aromatic rings. The van der Waals surface area contributed by atoms with Crippen molar-refractivity contribution in [3.8, 4) is 11.5 Å².